The van der Waals surface area contributed by atoms with E-state index in [1.807, 2.05) is 13.0 Å². The summed E-state index contributed by atoms with van der Waals surface area (Å²) in [4.78, 5) is 15.3. The van der Waals surface area contributed by atoms with E-state index in [1.165, 1.54) is 0 Å². The Kier molecular flexibility index (Phi) is 3.79. The first-order valence-electron chi connectivity index (χ1n) is 5.99. The molecule has 2 rings (SSSR count). The Labute approximate surface area is 110 Å². The summed E-state index contributed by atoms with van der Waals surface area (Å²) in [6, 6.07) is 5.23. The maximum Gasteiger partial charge on any atom is 0.261 e. The number of aromatic nitrogens is 2. The van der Waals surface area contributed by atoms with Crippen molar-refractivity contribution >= 4 is 5.91 Å². The number of phenolic OH excluding ortho intramolecular Hbond substituents is 1. The van der Waals surface area contributed by atoms with Gasteiger partial charge in [0.1, 0.15) is 5.75 Å². The van der Waals surface area contributed by atoms with Crippen LogP contribution in [0.1, 0.15) is 18.3 Å². The summed E-state index contributed by atoms with van der Waals surface area (Å²) in [6.07, 6.45) is 0.890. The van der Waals surface area contributed by atoms with Gasteiger partial charge in [-0.3, -0.25) is 4.79 Å². The molecule has 0 saturated heterocycles. The van der Waals surface area contributed by atoms with Crippen molar-refractivity contribution < 1.29 is 14.4 Å². The average molecular weight is 261 g/mol. The fourth-order valence-corrected chi connectivity index (χ4v) is 1.64. The number of rotatable bonds is 4. The maximum absolute atomic E-state index is 11.2. The highest BCUT2D eigenvalue weighted by molar-refractivity contribution is 5.77. The quantitative estimate of drug-likeness (QED) is 0.865. The number of nitrogens with zero attached hydrogens (tertiary/aromatic N) is 2. The Balaban J connectivity index is 2.29. The van der Waals surface area contributed by atoms with Gasteiger partial charge in [-0.2, -0.15) is 4.98 Å². The molecule has 0 spiro atoms. The summed E-state index contributed by atoms with van der Waals surface area (Å²) in [5.74, 6) is 0.383. The second-order valence-electron chi connectivity index (χ2n) is 4.07. The summed E-state index contributed by atoms with van der Waals surface area (Å²) in [7, 11) is 1.54. The molecule has 1 aromatic heterocycles. The molecule has 100 valence electrons. The van der Waals surface area contributed by atoms with Gasteiger partial charge in [0.05, 0.1) is 12.0 Å². The number of aromatic hydroxyl groups is 1. The molecule has 0 aliphatic carbocycles. The van der Waals surface area contributed by atoms with Gasteiger partial charge in [0.2, 0.25) is 5.91 Å². The highest BCUT2D eigenvalue weighted by atomic mass is 16.5. The van der Waals surface area contributed by atoms with Crippen molar-refractivity contribution in [2.75, 3.05) is 7.05 Å². The van der Waals surface area contributed by atoms with Crippen molar-refractivity contribution in [2.45, 2.75) is 19.8 Å². The zero-order valence-electron chi connectivity index (χ0n) is 10.8. The molecule has 0 fully saturated rings. The van der Waals surface area contributed by atoms with E-state index in [0.717, 1.165) is 12.0 Å². The number of hydrogen-bond acceptors (Lipinski definition) is 5. The predicted molar refractivity (Wildman–Crippen MR) is 68.5 cm³/mol. The fraction of sp³-hybridized carbons (Fsp3) is 0.308. The number of nitrogens with one attached hydrogen (secondary N) is 1. The van der Waals surface area contributed by atoms with Crippen LogP contribution in [-0.4, -0.2) is 28.2 Å². The van der Waals surface area contributed by atoms with E-state index in [9.17, 15) is 9.90 Å². The Bertz CT molecular complexity index is 593. The molecule has 1 amide bonds. The number of phenols is 1. The second-order valence-corrected chi connectivity index (χ2v) is 4.07. The zero-order valence-corrected chi connectivity index (χ0v) is 10.8. The number of aryl methyl sites for hydroxylation is 1. The highest BCUT2D eigenvalue weighted by Crippen LogP contribution is 2.28. The van der Waals surface area contributed by atoms with Crippen molar-refractivity contribution in [3.8, 4) is 17.2 Å². The van der Waals surface area contributed by atoms with Crippen LogP contribution in [0, 0.1) is 0 Å². The maximum atomic E-state index is 11.2. The van der Waals surface area contributed by atoms with Gasteiger partial charge in [0.25, 0.3) is 5.89 Å². The van der Waals surface area contributed by atoms with Crippen molar-refractivity contribution in [2.24, 2.45) is 0 Å². The summed E-state index contributed by atoms with van der Waals surface area (Å²) in [6.45, 7) is 2.01. The SMILES string of the molecule is CCc1ccc(O)c(-c2nc(CC(=O)NC)no2)c1. The van der Waals surface area contributed by atoms with Gasteiger partial charge in [0, 0.05) is 7.05 Å². The molecule has 0 saturated carbocycles. The predicted octanol–water partition coefficient (Wildman–Crippen LogP) is 1.29. The fourth-order valence-electron chi connectivity index (χ4n) is 1.64. The molecule has 0 radical (unpaired) electrons. The molecule has 1 heterocycles. The summed E-state index contributed by atoms with van der Waals surface area (Å²) < 4.78 is 5.08. The lowest BCUT2D eigenvalue weighted by atomic mass is 10.1. The van der Waals surface area contributed by atoms with Crippen molar-refractivity contribution in [1.29, 1.82) is 0 Å². The van der Waals surface area contributed by atoms with Crippen LogP contribution in [-0.2, 0) is 17.6 Å². The van der Waals surface area contributed by atoms with Crippen molar-refractivity contribution in [3.63, 3.8) is 0 Å². The van der Waals surface area contributed by atoms with E-state index in [-0.39, 0.29) is 29.8 Å². The minimum Gasteiger partial charge on any atom is -0.507 e. The van der Waals surface area contributed by atoms with Crippen LogP contribution in [0.15, 0.2) is 22.7 Å². The molecule has 6 nitrogen and oxygen atoms in total. The third-order valence-corrected chi connectivity index (χ3v) is 2.77. The number of hydrogen-bond donors (Lipinski definition) is 2. The Morgan fingerprint density at radius 3 is 2.95 bits per heavy atom. The highest BCUT2D eigenvalue weighted by Gasteiger charge is 2.14. The number of carbonyl (C=O) groups excluding carboxylic acids is 1. The summed E-state index contributed by atoms with van der Waals surface area (Å²) >= 11 is 0. The molecule has 19 heavy (non-hydrogen) atoms. The molecule has 2 aromatic rings. The van der Waals surface area contributed by atoms with Crippen molar-refractivity contribution in [3.05, 3.63) is 29.6 Å². The smallest absolute Gasteiger partial charge is 0.261 e. The van der Waals surface area contributed by atoms with Crippen LogP contribution in [0.3, 0.4) is 0 Å². The first-order valence-corrected chi connectivity index (χ1v) is 5.99. The molecule has 6 heteroatoms. The number of likely N-dealkylation sites (N-methyl/N-ethyl adjacent to an activating group) is 1. The molecule has 0 unspecified atom stereocenters. The van der Waals surface area contributed by atoms with Crippen molar-refractivity contribution in [1.82, 2.24) is 15.5 Å². The zero-order chi connectivity index (χ0) is 13.8. The van der Waals surface area contributed by atoms with Crippen LogP contribution < -0.4 is 5.32 Å². The largest absolute Gasteiger partial charge is 0.507 e. The van der Waals surface area contributed by atoms with Gasteiger partial charge < -0.3 is 14.9 Å². The van der Waals surface area contributed by atoms with Gasteiger partial charge in [-0.25, -0.2) is 0 Å². The van der Waals surface area contributed by atoms with Gasteiger partial charge in [-0.15, -0.1) is 0 Å². The minimum absolute atomic E-state index is 0.0498. The third kappa shape index (κ3) is 2.90. The molecule has 0 bridgehead atoms. The number of carbonyl (C=O) groups is 1. The molecule has 0 aliphatic rings. The van der Waals surface area contributed by atoms with E-state index in [0.29, 0.717) is 5.56 Å². The van der Waals surface area contributed by atoms with Gasteiger partial charge in [-0.05, 0) is 24.1 Å². The molecule has 0 aliphatic heterocycles. The van der Waals surface area contributed by atoms with Crippen LogP contribution in [0.2, 0.25) is 0 Å². The Hall–Kier alpha value is -2.37. The number of benzene rings is 1. The van der Waals surface area contributed by atoms with E-state index in [1.54, 1.807) is 19.2 Å². The van der Waals surface area contributed by atoms with E-state index >= 15 is 0 Å². The molecular formula is C13H15N3O3. The topological polar surface area (TPSA) is 88.3 Å². The van der Waals surface area contributed by atoms with Gasteiger partial charge in [-0.1, -0.05) is 18.1 Å². The summed E-state index contributed by atoms with van der Waals surface area (Å²) in [5.41, 5.74) is 1.54. The first-order chi connectivity index (χ1) is 9.13. The van der Waals surface area contributed by atoms with E-state index < -0.39 is 0 Å². The van der Waals surface area contributed by atoms with Gasteiger partial charge in [0.15, 0.2) is 5.82 Å². The normalized spacial score (nSPS) is 10.4. The summed E-state index contributed by atoms with van der Waals surface area (Å²) in [5, 5.41) is 16.0. The molecule has 1 aromatic carbocycles. The van der Waals surface area contributed by atoms with E-state index in [2.05, 4.69) is 15.5 Å². The lowest BCUT2D eigenvalue weighted by Gasteiger charge is -2.02. The Morgan fingerprint density at radius 1 is 1.47 bits per heavy atom. The van der Waals surface area contributed by atoms with Crippen LogP contribution in [0.4, 0.5) is 0 Å². The lowest BCUT2D eigenvalue weighted by molar-refractivity contribution is -0.120. The molecule has 0 atom stereocenters. The average Bonchev–Trinajstić information content (AvgIpc) is 2.87. The first kappa shape index (κ1) is 13.1. The number of amides is 1. The second kappa shape index (κ2) is 5.51. The minimum atomic E-state index is -0.195. The Morgan fingerprint density at radius 2 is 2.26 bits per heavy atom. The lowest BCUT2D eigenvalue weighted by Crippen LogP contribution is -2.20. The van der Waals surface area contributed by atoms with Crippen LogP contribution in [0.5, 0.6) is 5.75 Å². The molecule has 2 N–H and O–H groups in total. The van der Waals surface area contributed by atoms with E-state index in [4.69, 9.17) is 4.52 Å². The van der Waals surface area contributed by atoms with Gasteiger partial charge >= 0.3 is 0 Å². The monoisotopic (exact) mass is 261 g/mol. The standard InChI is InChI=1S/C13H15N3O3/c1-3-8-4-5-10(17)9(6-8)13-15-11(16-19-13)7-12(18)14-2/h4-6,17H,3,7H2,1-2H3,(H,14,18). The third-order valence-electron chi connectivity index (χ3n) is 2.77. The molecular weight excluding hydrogens is 246 g/mol. The van der Waals surface area contributed by atoms with Crippen LogP contribution in [0.25, 0.3) is 11.5 Å². The van der Waals surface area contributed by atoms with Crippen LogP contribution >= 0.6 is 0 Å².